The molecule has 4 rings (SSSR count). The van der Waals surface area contributed by atoms with Gasteiger partial charge in [-0.05, 0) is 47.6 Å². The summed E-state index contributed by atoms with van der Waals surface area (Å²) in [6, 6.07) is 17.2. The number of hydrogen-bond acceptors (Lipinski definition) is 4. The number of guanidine groups is 1. The molecular weight excluding hydrogens is 399 g/mol. The average molecular weight is 415 g/mol. The molecule has 3 aromatic rings. The molecule has 1 aromatic heterocycles. The highest BCUT2D eigenvalue weighted by Gasteiger charge is 2.19. The SMILES string of the molecule is Pc1cccnc1CN=C1NSc2cccc(Oc3ccccc3Cl)c2N1. The van der Waals surface area contributed by atoms with Crippen molar-refractivity contribution in [2.75, 3.05) is 5.32 Å². The standard InChI is InChI=1S/C19H16ClN4OPS/c20-12-5-1-2-6-14(12)25-15-7-3-9-17-18(15)23-19(24-27-17)22-11-13-16(26)8-4-10-21-13/h1-10H,11,26H2,(H2,22,23,24). The molecule has 2 N–H and O–H groups in total. The fourth-order valence-corrected chi connectivity index (χ4v) is 3.68. The molecule has 8 heteroatoms. The zero-order valence-electron chi connectivity index (χ0n) is 14.1. The summed E-state index contributed by atoms with van der Waals surface area (Å²) >= 11 is 7.71. The van der Waals surface area contributed by atoms with Crippen molar-refractivity contribution < 1.29 is 4.74 Å². The van der Waals surface area contributed by atoms with Gasteiger partial charge < -0.3 is 10.1 Å². The van der Waals surface area contributed by atoms with Crippen molar-refractivity contribution in [3.8, 4) is 11.5 Å². The Bertz CT molecular complexity index is 1010. The number of halogens is 1. The Morgan fingerprint density at radius 1 is 1.07 bits per heavy atom. The lowest BCUT2D eigenvalue weighted by Crippen LogP contribution is -2.29. The fourth-order valence-electron chi connectivity index (χ4n) is 2.51. The summed E-state index contributed by atoms with van der Waals surface area (Å²) < 4.78 is 9.24. The van der Waals surface area contributed by atoms with E-state index in [0.717, 1.165) is 21.6 Å². The highest BCUT2D eigenvalue weighted by atomic mass is 35.5. The molecule has 1 aliphatic rings. The molecular formula is C19H16ClN4OPS. The van der Waals surface area contributed by atoms with E-state index in [-0.39, 0.29) is 0 Å². The smallest absolute Gasteiger partial charge is 0.206 e. The van der Waals surface area contributed by atoms with Crippen molar-refractivity contribution in [3.63, 3.8) is 0 Å². The van der Waals surface area contributed by atoms with Gasteiger partial charge in [0.05, 0.1) is 27.8 Å². The first-order valence-corrected chi connectivity index (χ1v) is 9.97. The maximum Gasteiger partial charge on any atom is 0.206 e. The van der Waals surface area contributed by atoms with Crippen LogP contribution >= 0.6 is 32.8 Å². The van der Waals surface area contributed by atoms with Crippen molar-refractivity contribution in [1.82, 2.24) is 9.71 Å². The second kappa shape index (κ2) is 8.17. The molecule has 1 unspecified atom stereocenters. The van der Waals surface area contributed by atoms with Crippen molar-refractivity contribution in [1.29, 1.82) is 0 Å². The largest absolute Gasteiger partial charge is 0.454 e. The lowest BCUT2D eigenvalue weighted by molar-refractivity contribution is 0.484. The average Bonchev–Trinajstić information content (AvgIpc) is 2.69. The number of nitrogens with zero attached hydrogens (tertiary/aromatic N) is 2. The first kappa shape index (κ1) is 18.1. The number of aliphatic imine (C=N–C) groups is 1. The van der Waals surface area contributed by atoms with Crippen LogP contribution in [-0.2, 0) is 6.54 Å². The molecule has 2 heterocycles. The van der Waals surface area contributed by atoms with Crippen LogP contribution in [0.15, 0.2) is 70.7 Å². The van der Waals surface area contributed by atoms with Crippen molar-refractivity contribution >= 4 is 49.7 Å². The summed E-state index contributed by atoms with van der Waals surface area (Å²) in [6.07, 6.45) is 1.77. The molecule has 0 spiro atoms. The van der Waals surface area contributed by atoms with Crippen molar-refractivity contribution in [2.45, 2.75) is 11.4 Å². The molecule has 5 nitrogen and oxygen atoms in total. The van der Waals surface area contributed by atoms with E-state index in [1.807, 2.05) is 48.5 Å². The van der Waals surface area contributed by atoms with Crippen LogP contribution in [0.5, 0.6) is 11.5 Å². The van der Waals surface area contributed by atoms with Crippen LogP contribution in [0, 0.1) is 0 Å². The van der Waals surface area contributed by atoms with Gasteiger partial charge in [-0.2, -0.15) is 0 Å². The first-order chi connectivity index (χ1) is 13.2. The Balaban J connectivity index is 1.57. The lowest BCUT2D eigenvalue weighted by atomic mass is 10.2. The van der Waals surface area contributed by atoms with E-state index >= 15 is 0 Å². The van der Waals surface area contributed by atoms with Gasteiger partial charge >= 0.3 is 0 Å². The van der Waals surface area contributed by atoms with Crippen LogP contribution < -0.4 is 20.1 Å². The molecule has 0 amide bonds. The van der Waals surface area contributed by atoms with Crippen LogP contribution in [0.4, 0.5) is 5.69 Å². The molecule has 0 saturated carbocycles. The maximum absolute atomic E-state index is 6.22. The number of para-hydroxylation sites is 2. The highest BCUT2D eigenvalue weighted by molar-refractivity contribution is 7.98. The molecule has 0 saturated heterocycles. The number of nitrogens with one attached hydrogen (secondary N) is 2. The van der Waals surface area contributed by atoms with Crippen LogP contribution in [0.2, 0.25) is 5.02 Å². The zero-order valence-corrected chi connectivity index (χ0v) is 16.9. The van der Waals surface area contributed by atoms with Gasteiger partial charge in [0, 0.05) is 6.20 Å². The summed E-state index contributed by atoms with van der Waals surface area (Å²) in [5, 5.41) is 4.91. The minimum absolute atomic E-state index is 0.471. The van der Waals surface area contributed by atoms with E-state index in [1.54, 1.807) is 12.3 Å². The Labute approximate surface area is 168 Å². The van der Waals surface area contributed by atoms with E-state index in [2.05, 4.69) is 29.3 Å². The Hall–Kier alpha value is -2.27. The topological polar surface area (TPSA) is 58.5 Å². The van der Waals surface area contributed by atoms with Crippen LogP contribution in [0.3, 0.4) is 0 Å². The van der Waals surface area contributed by atoms with Gasteiger partial charge in [0.2, 0.25) is 5.96 Å². The van der Waals surface area contributed by atoms with Gasteiger partial charge in [-0.15, -0.1) is 9.24 Å². The molecule has 1 aliphatic heterocycles. The zero-order chi connectivity index (χ0) is 18.6. The van der Waals surface area contributed by atoms with Crippen molar-refractivity contribution in [3.05, 3.63) is 71.5 Å². The third-order valence-electron chi connectivity index (χ3n) is 3.86. The number of pyridine rings is 1. The number of rotatable bonds is 4. The van der Waals surface area contributed by atoms with E-state index in [9.17, 15) is 0 Å². The molecule has 27 heavy (non-hydrogen) atoms. The Morgan fingerprint density at radius 3 is 2.78 bits per heavy atom. The summed E-state index contributed by atoms with van der Waals surface area (Å²) in [6.45, 7) is 0.471. The second-order valence-corrected chi connectivity index (χ2v) is 7.57. The summed E-state index contributed by atoms with van der Waals surface area (Å²) in [4.78, 5) is 9.97. The highest BCUT2D eigenvalue weighted by Crippen LogP contribution is 2.40. The number of fused-ring (bicyclic) bond motifs is 1. The van der Waals surface area contributed by atoms with Gasteiger partial charge in [-0.1, -0.05) is 35.9 Å². The monoisotopic (exact) mass is 414 g/mol. The van der Waals surface area contributed by atoms with Gasteiger partial charge in [0.25, 0.3) is 0 Å². The van der Waals surface area contributed by atoms with Crippen molar-refractivity contribution in [2.24, 2.45) is 4.99 Å². The Kier molecular flexibility index (Phi) is 5.48. The third-order valence-corrected chi connectivity index (χ3v) is 5.55. The number of ether oxygens (including phenoxy) is 1. The van der Waals surface area contributed by atoms with Crippen LogP contribution in [0.1, 0.15) is 5.69 Å². The Morgan fingerprint density at radius 2 is 1.93 bits per heavy atom. The summed E-state index contributed by atoms with van der Waals surface area (Å²) in [5.41, 5.74) is 1.77. The maximum atomic E-state index is 6.22. The first-order valence-electron chi connectivity index (χ1n) is 8.20. The normalized spacial score (nSPS) is 14.2. The van der Waals surface area contributed by atoms with E-state index < -0.39 is 0 Å². The number of benzene rings is 2. The number of hydrogen-bond donors (Lipinski definition) is 2. The van der Waals surface area contributed by atoms with E-state index in [1.165, 1.54) is 11.9 Å². The van der Waals surface area contributed by atoms with Crippen LogP contribution in [-0.4, -0.2) is 10.9 Å². The quantitative estimate of drug-likeness (QED) is 0.482. The van der Waals surface area contributed by atoms with E-state index in [4.69, 9.17) is 16.3 Å². The molecule has 0 aliphatic carbocycles. The lowest BCUT2D eigenvalue weighted by Gasteiger charge is -2.23. The minimum Gasteiger partial charge on any atom is -0.454 e. The molecule has 136 valence electrons. The van der Waals surface area contributed by atoms with Gasteiger partial charge in [-0.25, -0.2) is 4.99 Å². The van der Waals surface area contributed by atoms with Crippen LogP contribution in [0.25, 0.3) is 0 Å². The van der Waals surface area contributed by atoms with Gasteiger partial charge in [-0.3, -0.25) is 9.71 Å². The van der Waals surface area contributed by atoms with Gasteiger partial charge in [0.15, 0.2) is 5.75 Å². The fraction of sp³-hybridized carbons (Fsp3) is 0.0526. The third kappa shape index (κ3) is 4.19. The molecule has 0 radical (unpaired) electrons. The predicted octanol–water partition coefficient (Wildman–Crippen LogP) is 4.61. The predicted molar refractivity (Wildman–Crippen MR) is 115 cm³/mol. The summed E-state index contributed by atoms with van der Waals surface area (Å²) in [7, 11) is 2.68. The van der Waals surface area contributed by atoms with E-state index in [0.29, 0.717) is 29.0 Å². The molecule has 0 fully saturated rings. The minimum atomic E-state index is 0.471. The number of anilines is 1. The summed E-state index contributed by atoms with van der Waals surface area (Å²) in [5.74, 6) is 1.95. The molecule has 0 bridgehead atoms. The molecule has 1 atom stereocenters. The van der Waals surface area contributed by atoms with Gasteiger partial charge in [0.1, 0.15) is 5.75 Å². The molecule has 2 aromatic carbocycles. The number of aromatic nitrogens is 1. The second-order valence-electron chi connectivity index (χ2n) is 5.70.